The summed E-state index contributed by atoms with van der Waals surface area (Å²) in [5.41, 5.74) is 0. The first-order valence-corrected chi connectivity index (χ1v) is 6.80. The van der Waals surface area contributed by atoms with Gasteiger partial charge in [0.25, 0.3) is 0 Å². The van der Waals surface area contributed by atoms with Crippen LogP contribution in [-0.2, 0) is 0 Å². The molecule has 1 saturated heterocycles. The lowest BCUT2D eigenvalue weighted by atomic mass is 9.78. The molecule has 3 unspecified atom stereocenters. The molecular weight excluding hydrogens is 184 g/mol. The van der Waals surface area contributed by atoms with Crippen LogP contribution in [-0.4, -0.2) is 36.6 Å². The molecule has 0 radical (unpaired) electrons. The Morgan fingerprint density at radius 1 is 1.13 bits per heavy atom. The Hall–Kier alpha value is -0.0800. The summed E-state index contributed by atoms with van der Waals surface area (Å²) in [6, 6.07) is 1.82. The van der Waals surface area contributed by atoms with Gasteiger partial charge in [0.2, 0.25) is 0 Å². The summed E-state index contributed by atoms with van der Waals surface area (Å²) >= 11 is 0. The molecule has 0 aromatic heterocycles. The number of hydrogen-bond donors (Lipinski definition) is 1. The highest BCUT2D eigenvalue weighted by Crippen LogP contribution is 2.35. The van der Waals surface area contributed by atoms with Gasteiger partial charge in [-0.05, 0) is 57.0 Å². The number of rotatable bonds is 4. The van der Waals surface area contributed by atoms with Crippen molar-refractivity contribution in [1.82, 2.24) is 10.2 Å². The maximum atomic E-state index is 3.70. The van der Waals surface area contributed by atoms with Crippen LogP contribution in [0.15, 0.2) is 0 Å². The summed E-state index contributed by atoms with van der Waals surface area (Å²) in [5.74, 6) is 1.92. The quantitative estimate of drug-likeness (QED) is 0.758. The zero-order chi connectivity index (χ0) is 10.3. The van der Waals surface area contributed by atoms with Crippen molar-refractivity contribution in [3.63, 3.8) is 0 Å². The molecular formula is C13H24N2. The third kappa shape index (κ3) is 2.21. The zero-order valence-corrected chi connectivity index (χ0v) is 9.91. The summed E-state index contributed by atoms with van der Waals surface area (Å²) in [7, 11) is 0. The van der Waals surface area contributed by atoms with Gasteiger partial charge in [-0.15, -0.1) is 0 Å². The van der Waals surface area contributed by atoms with E-state index in [9.17, 15) is 0 Å². The molecule has 3 atom stereocenters. The maximum absolute atomic E-state index is 3.70. The lowest BCUT2D eigenvalue weighted by molar-refractivity contribution is 0.0794. The average molecular weight is 208 g/mol. The van der Waals surface area contributed by atoms with Gasteiger partial charge < -0.3 is 5.32 Å². The Kier molecular flexibility index (Phi) is 2.73. The second kappa shape index (κ2) is 4.06. The van der Waals surface area contributed by atoms with Gasteiger partial charge in [-0.3, -0.25) is 4.90 Å². The van der Waals surface area contributed by atoms with Gasteiger partial charge in [0.05, 0.1) is 0 Å². The fraction of sp³-hybridized carbons (Fsp3) is 1.00. The Bertz CT molecular complexity index is 225. The fourth-order valence-corrected chi connectivity index (χ4v) is 3.15. The Morgan fingerprint density at radius 2 is 2.00 bits per heavy atom. The molecule has 0 spiro atoms. The van der Waals surface area contributed by atoms with E-state index in [0.717, 1.165) is 23.9 Å². The summed E-state index contributed by atoms with van der Waals surface area (Å²) in [4.78, 5) is 2.76. The van der Waals surface area contributed by atoms with E-state index in [1.807, 2.05) is 0 Å². The molecule has 0 bridgehead atoms. The molecule has 3 rings (SSSR count). The molecule has 0 aromatic carbocycles. The van der Waals surface area contributed by atoms with E-state index in [1.165, 1.54) is 51.7 Å². The standard InChI is InChI=1S/C13H24N2/c1-10-6-7-15(9-10)13-5-2-11(13)8-14-12-3-4-12/h10-14H,2-9H2,1H3. The molecule has 1 aliphatic heterocycles. The smallest absolute Gasteiger partial charge is 0.0136 e. The van der Waals surface area contributed by atoms with Crippen molar-refractivity contribution in [2.24, 2.45) is 11.8 Å². The normalized spacial score (nSPS) is 41.8. The second-order valence-corrected chi connectivity index (χ2v) is 5.98. The molecule has 2 aliphatic carbocycles. The molecule has 2 heteroatoms. The molecule has 1 N–H and O–H groups in total. The lowest BCUT2D eigenvalue weighted by Crippen LogP contribution is -2.49. The minimum Gasteiger partial charge on any atom is -0.314 e. The predicted octanol–water partition coefficient (Wildman–Crippen LogP) is 1.86. The van der Waals surface area contributed by atoms with E-state index < -0.39 is 0 Å². The lowest BCUT2D eigenvalue weighted by Gasteiger charge is -2.43. The Balaban J connectivity index is 1.45. The van der Waals surface area contributed by atoms with Crippen LogP contribution in [0.25, 0.3) is 0 Å². The molecule has 86 valence electrons. The maximum Gasteiger partial charge on any atom is 0.0136 e. The zero-order valence-electron chi connectivity index (χ0n) is 9.91. The molecule has 3 aliphatic rings. The van der Waals surface area contributed by atoms with Crippen molar-refractivity contribution in [2.75, 3.05) is 19.6 Å². The molecule has 0 aromatic rings. The van der Waals surface area contributed by atoms with Gasteiger partial charge >= 0.3 is 0 Å². The molecule has 2 saturated carbocycles. The van der Waals surface area contributed by atoms with Crippen LogP contribution in [0.4, 0.5) is 0 Å². The number of nitrogens with one attached hydrogen (secondary N) is 1. The topological polar surface area (TPSA) is 15.3 Å². The molecule has 3 fully saturated rings. The first kappa shape index (κ1) is 10.1. The van der Waals surface area contributed by atoms with Crippen molar-refractivity contribution >= 4 is 0 Å². The molecule has 0 amide bonds. The summed E-state index contributed by atoms with van der Waals surface area (Å²) in [6.45, 7) is 6.42. The second-order valence-electron chi connectivity index (χ2n) is 5.98. The summed E-state index contributed by atoms with van der Waals surface area (Å²) in [6.07, 6.45) is 7.22. The number of hydrogen-bond acceptors (Lipinski definition) is 2. The first-order chi connectivity index (χ1) is 7.33. The molecule has 1 heterocycles. The average Bonchev–Trinajstić information content (AvgIpc) is 2.89. The minimum absolute atomic E-state index is 0.892. The van der Waals surface area contributed by atoms with E-state index in [2.05, 4.69) is 17.1 Å². The third-order valence-electron chi connectivity index (χ3n) is 4.55. The van der Waals surface area contributed by atoms with Crippen molar-refractivity contribution in [3.8, 4) is 0 Å². The van der Waals surface area contributed by atoms with Crippen LogP contribution in [0.1, 0.15) is 39.0 Å². The van der Waals surface area contributed by atoms with Gasteiger partial charge in [0, 0.05) is 18.6 Å². The van der Waals surface area contributed by atoms with Gasteiger partial charge in [-0.25, -0.2) is 0 Å². The van der Waals surface area contributed by atoms with E-state index in [1.54, 1.807) is 0 Å². The van der Waals surface area contributed by atoms with E-state index in [0.29, 0.717) is 0 Å². The first-order valence-electron chi connectivity index (χ1n) is 6.80. The number of nitrogens with zero attached hydrogens (tertiary/aromatic N) is 1. The van der Waals surface area contributed by atoms with Crippen LogP contribution in [0.5, 0.6) is 0 Å². The summed E-state index contributed by atoms with van der Waals surface area (Å²) < 4.78 is 0. The highest BCUT2D eigenvalue weighted by Gasteiger charge is 2.38. The van der Waals surface area contributed by atoms with Crippen molar-refractivity contribution in [2.45, 2.75) is 51.1 Å². The largest absolute Gasteiger partial charge is 0.314 e. The van der Waals surface area contributed by atoms with Crippen LogP contribution in [0.3, 0.4) is 0 Å². The number of likely N-dealkylation sites (tertiary alicyclic amines) is 1. The highest BCUT2D eigenvalue weighted by atomic mass is 15.2. The molecule has 15 heavy (non-hydrogen) atoms. The van der Waals surface area contributed by atoms with Crippen molar-refractivity contribution in [3.05, 3.63) is 0 Å². The minimum atomic E-state index is 0.892. The van der Waals surface area contributed by atoms with Gasteiger partial charge in [0.15, 0.2) is 0 Å². The summed E-state index contributed by atoms with van der Waals surface area (Å²) in [5, 5.41) is 3.70. The third-order valence-corrected chi connectivity index (χ3v) is 4.55. The van der Waals surface area contributed by atoms with Gasteiger partial charge in [-0.1, -0.05) is 6.92 Å². The highest BCUT2D eigenvalue weighted by molar-refractivity contribution is 4.94. The Morgan fingerprint density at radius 3 is 2.53 bits per heavy atom. The Labute approximate surface area is 93.4 Å². The van der Waals surface area contributed by atoms with E-state index in [-0.39, 0.29) is 0 Å². The van der Waals surface area contributed by atoms with Crippen LogP contribution >= 0.6 is 0 Å². The predicted molar refractivity (Wildman–Crippen MR) is 62.9 cm³/mol. The SMILES string of the molecule is CC1CCN(C2CCC2CNC2CC2)C1. The van der Waals surface area contributed by atoms with Crippen LogP contribution < -0.4 is 5.32 Å². The van der Waals surface area contributed by atoms with Crippen LogP contribution in [0.2, 0.25) is 0 Å². The van der Waals surface area contributed by atoms with Gasteiger partial charge in [0.1, 0.15) is 0 Å². The van der Waals surface area contributed by atoms with Crippen molar-refractivity contribution < 1.29 is 0 Å². The fourth-order valence-electron chi connectivity index (χ4n) is 3.15. The monoisotopic (exact) mass is 208 g/mol. The van der Waals surface area contributed by atoms with Crippen LogP contribution in [0, 0.1) is 11.8 Å². The van der Waals surface area contributed by atoms with Crippen molar-refractivity contribution in [1.29, 1.82) is 0 Å². The van der Waals surface area contributed by atoms with E-state index >= 15 is 0 Å². The van der Waals surface area contributed by atoms with Gasteiger partial charge in [-0.2, -0.15) is 0 Å². The molecule has 2 nitrogen and oxygen atoms in total. The van der Waals surface area contributed by atoms with E-state index in [4.69, 9.17) is 0 Å².